The van der Waals surface area contributed by atoms with Crippen LogP contribution in [0.25, 0.3) is 11.1 Å². The zero-order valence-electron chi connectivity index (χ0n) is 17.1. The van der Waals surface area contributed by atoms with Gasteiger partial charge in [0.05, 0.1) is 7.11 Å². The zero-order chi connectivity index (χ0) is 19.2. The minimum Gasteiger partial charge on any atom is -0.497 e. The molecular formula is C25H33FO. The van der Waals surface area contributed by atoms with E-state index in [0.717, 1.165) is 24.3 Å². The van der Waals surface area contributed by atoms with Gasteiger partial charge in [0, 0.05) is 5.56 Å². The number of ether oxygens (including phenoxy) is 1. The van der Waals surface area contributed by atoms with Crippen molar-refractivity contribution in [3.63, 3.8) is 0 Å². The minimum atomic E-state index is -0.175. The molecule has 3 rings (SSSR count). The van der Waals surface area contributed by atoms with Crippen molar-refractivity contribution in [1.82, 2.24) is 0 Å². The molecule has 0 saturated heterocycles. The van der Waals surface area contributed by atoms with Crippen LogP contribution in [0.15, 0.2) is 36.4 Å². The molecule has 1 fully saturated rings. The molecule has 2 aromatic carbocycles. The molecule has 0 aromatic heterocycles. The third-order valence-corrected chi connectivity index (χ3v) is 5.82. The molecule has 0 heterocycles. The second kappa shape index (κ2) is 9.39. The Kier molecular flexibility index (Phi) is 6.93. The van der Waals surface area contributed by atoms with Crippen LogP contribution in [0.4, 0.5) is 4.39 Å². The lowest BCUT2D eigenvalue weighted by Gasteiger charge is -2.22. The fourth-order valence-corrected chi connectivity index (χ4v) is 4.39. The fraction of sp³-hybridized carbons (Fsp3) is 0.520. The molecule has 0 N–H and O–H groups in total. The maximum absolute atomic E-state index is 14.6. The highest BCUT2D eigenvalue weighted by molar-refractivity contribution is 5.70. The summed E-state index contributed by atoms with van der Waals surface area (Å²) in [5, 5.41) is 0. The van der Waals surface area contributed by atoms with Gasteiger partial charge in [-0.1, -0.05) is 64.2 Å². The summed E-state index contributed by atoms with van der Waals surface area (Å²) < 4.78 is 20.0. The fourth-order valence-electron chi connectivity index (χ4n) is 4.39. The van der Waals surface area contributed by atoms with Gasteiger partial charge in [-0.3, -0.25) is 0 Å². The summed E-state index contributed by atoms with van der Waals surface area (Å²) in [5.74, 6) is 1.98. The van der Waals surface area contributed by atoms with Gasteiger partial charge in [-0.05, 0) is 66.0 Å². The Morgan fingerprint density at radius 3 is 2.48 bits per heavy atom. The lowest BCUT2D eigenvalue weighted by atomic mass is 9.83. The molecular weight excluding hydrogens is 335 g/mol. The van der Waals surface area contributed by atoms with Gasteiger partial charge >= 0.3 is 0 Å². The van der Waals surface area contributed by atoms with Crippen LogP contribution in [0.5, 0.6) is 5.75 Å². The van der Waals surface area contributed by atoms with E-state index in [1.54, 1.807) is 13.2 Å². The van der Waals surface area contributed by atoms with Crippen molar-refractivity contribution in [3.8, 4) is 16.9 Å². The largest absolute Gasteiger partial charge is 0.497 e. The van der Waals surface area contributed by atoms with Gasteiger partial charge in [0.2, 0.25) is 0 Å². The van der Waals surface area contributed by atoms with E-state index in [9.17, 15) is 4.39 Å². The van der Waals surface area contributed by atoms with Crippen LogP contribution >= 0.6 is 0 Å². The normalized spacial score (nSPS) is 15.3. The van der Waals surface area contributed by atoms with Crippen LogP contribution in [-0.2, 0) is 12.8 Å². The summed E-state index contributed by atoms with van der Waals surface area (Å²) in [7, 11) is 1.63. The van der Waals surface area contributed by atoms with E-state index in [1.807, 2.05) is 6.07 Å². The molecule has 2 aromatic rings. The van der Waals surface area contributed by atoms with Gasteiger partial charge in [-0.25, -0.2) is 4.39 Å². The third kappa shape index (κ3) is 5.34. The van der Waals surface area contributed by atoms with Gasteiger partial charge in [-0.2, -0.15) is 0 Å². The van der Waals surface area contributed by atoms with E-state index >= 15 is 0 Å². The molecule has 0 atom stereocenters. The summed E-state index contributed by atoms with van der Waals surface area (Å²) >= 11 is 0. The second-order valence-corrected chi connectivity index (χ2v) is 8.48. The van der Waals surface area contributed by atoms with E-state index < -0.39 is 0 Å². The Bertz CT molecular complexity index is 744. The van der Waals surface area contributed by atoms with E-state index in [4.69, 9.17) is 4.74 Å². The van der Waals surface area contributed by atoms with Crippen molar-refractivity contribution in [2.24, 2.45) is 11.8 Å². The molecule has 0 spiro atoms. The van der Waals surface area contributed by atoms with Crippen LogP contribution in [0, 0.1) is 17.7 Å². The van der Waals surface area contributed by atoms with Gasteiger partial charge in [0.15, 0.2) is 0 Å². The average Bonchev–Trinajstić information content (AvgIpc) is 2.67. The van der Waals surface area contributed by atoms with Crippen molar-refractivity contribution in [2.45, 2.75) is 65.2 Å². The molecule has 1 saturated carbocycles. The first-order valence-corrected chi connectivity index (χ1v) is 10.5. The van der Waals surface area contributed by atoms with Gasteiger partial charge in [0.25, 0.3) is 0 Å². The molecule has 27 heavy (non-hydrogen) atoms. The van der Waals surface area contributed by atoms with E-state index in [-0.39, 0.29) is 5.82 Å². The molecule has 1 nitrogen and oxygen atoms in total. The number of benzene rings is 2. The molecule has 0 amide bonds. The van der Waals surface area contributed by atoms with Crippen molar-refractivity contribution in [2.75, 3.05) is 7.11 Å². The third-order valence-electron chi connectivity index (χ3n) is 5.82. The zero-order valence-corrected chi connectivity index (χ0v) is 17.1. The first-order chi connectivity index (χ1) is 13.1. The monoisotopic (exact) mass is 368 g/mol. The van der Waals surface area contributed by atoms with Crippen LogP contribution in [0.3, 0.4) is 0 Å². The number of rotatable bonds is 7. The highest BCUT2D eigenvalue weighted by Crippen LogP contribution is 2.34. The van der Waals surface area contributed by atoms with E-state index in [2.05, 4.69) is 32.0 Å². The molecule has 146 valence electrons. The van der Waals surface area contributed by atoms with Crippen molar-refractivity contribution >= 4 is 0 Å². The quantitative estimate of drug-likeness (QED) is 0.501. The van der Waals surface area contributed by atoms with Crippen LogP contribution in [0.1, 0.15) is 63.5 Å². The van der Waals surface area contributed by atoms with Gasteiger partial charge in [-0.15, -0.1) is 0 Å². The van der Waals surface area contributed by atoms with Crippen LogP contribution in [0.2, 0.25) is 0 Å². The van der Waals surface area contributed by atoms with Crippen molar-refractivity contribution in [1.29, 1.82) is 0 Å². The molecule has 1 aliphatic rings. The molecule has 1 aliphatic carbocycles. The summed E-state index contributed by atoms with van der Waals surface area (Å²) in [5.41, 5.74) is 4.32. The van der Waals surface area contributed by atoms with Crippen molar-refractivity contribution < 1.29 is 9.13 Å². The predicted molar refractivity (Wildman–Crippen MR) is 112 cm³/mol. The number of hydrogen-bond acceptors (Lipinski definition) is 1. The molecule has 0 bridgehead atoms. The highest BCUT2D eigenvalue weighted by Gasteiger charge is 2.17. The second-order valence-electron chi connectivity index (χ2n) is 8.48. The average molecular weight is 369 g/mol. The van der Waals surface area contributed by atoms with Crippen LogP contribution < -0.4 is 4.74 Å². The number of halogens is 1. The standard InChI is InChI=1S/C25H33FO/c1-18(2)15-20-10-13-23(24-17-22(27-3)12-14-25(24)26)21(16-20)11-9-19-7-5-4-6-8-19/h10,12-14,16-19H,4-9,11,15H2,1-3H3. The maximum Gasteiger partial charge on any atom is 0.131 e. The molecule has 0 unspecified atom stereocenters. The van der Waals surface area contributed by atoms with E-state index in [0.29, 0.717) is 17.2 Å². The smallest absolute Gasteiger partial charge is 0.131 e. The van der Waals surface area contributed by atoms with Gasteiger partial charge in [0.1, 0.15) is 11.6 Å². The lowest BCUT2D eigenvalue weighted by Crippen LogP contribution is -2.08. The lowest BCUT2D eigenvalue weighted by molar-refractivity contribution is 0.339. The number of methoxy groups -OCH3 is 1. The predicted octanol–water partition coefficient (Wildman–Crippen LogP) is 7.21. The van der Waals surface area contributed by atoms with Gasteiger partial charge < -0.3 is 4.74 Å². The topological polar surface area (TPSA) is 9.23 Å². The van der Waals surface area contributed by atoms with Crippen molar-refractivity contribution in [3.05, 3.63) is 53.3 Å². The number of aryl methyl sites for hydroxylation is 1. The Hall–Kier alpha value is -1.83. The number of hydrogen-bond donors (Lipinski definition) is 0. The highest BCUT2D eigenvalue weighted by atomic mass is 19.1. The Morgan fingerprint density at radius 1 is 1.00 bits per heavy atom. The first-order valence-electron chi connectivity index (χ1n) is 10.5. The summed E-state index contributed by atoms with van der Waals surface area (Å²) in [6.07, 6.45) is 10.2. The minimum absolute atomic E-state index is 0.175. The SMILES string of the molecule is COc1ccc(F)c(-c2ccc(CC(C)C)cc2CCC2CCCCC2)c1. The Labute approximate surface area is 164 Å². The summed E-state index contributed by atoms with van der Waals surface area (Å²) in [6.45, 7) is 4.49. The van der Waals surface area contributed by atoms with E-state index in [1.165, 1.54) is 55.7 Å². The maximum atomic E-state index is 14.6. The molecule has 2 heteroatoms. The Morgan fingerprint density at radius 2 is 1.78 bits per heavy atom. The molecule has 0 radical (unpaired) electrons. The summed E-state index contributed by atoms with van der Waals surface area (Å²) in [4.78, 5) is 0. The molecule has 0 aliphatic heterocycles. The van der Waals surface area contributed by atoms with Crippen LogP contribution in [-0.4, -0.2) is 7.11 Å². The Balaban J connectivity index is 1.91. The summed E-state index contributed by atoms with van der Waals surface area (Å²) in [6, 6.07) is 11.6. The first kappa shape index (κ1) is 19.9.